The molecule has 0 saturated heterocycles. The van der Waals surface area contributed by atoms with E-state index in [1.54, 1.807) is 24.5 Å². The fourth-order valence-electron chi connectivity index (χ4n) is 3.08. The number of rotatable bonds is 3. The van der Waals surface area contributed by atoms with Crippen LogP contribution in [0.15, 0.2) is 41.7 Å². The maximum absolute atomic E-state index is 13.3. The maximum atomic E-state index is 13.3. The van der Waals surface area contributed by atoms with Crippen molar-refractivity contribution in [1.82, 2.24) is 24.8 Å². The molecule has 6 nitrogen and oxygen atoms in total. The molecule has 0 spiro atoms. The molecule has 0 radical (unpaired) electrons. The van der Waals surface area contributed by atoms with Crippen LogP contribution in [0.2, 0.25) is 5.02 Å². The molecule has 132 valence electrons. The Morgan fingerprint density at radius 3 is 2.85 bits per heavy atom. The molecule has 0 aliphatic carbocycles. The van der Waals surface area contributed by atoms with E-state index in [2.05, 4.69) is 24.8 Å². The summed E-state index contributed by atoms with van der Waals surface area (Å²) in [6.07, 6.45) is 5.26. The number of hydrogen-bond donors (Lipinski definition) is 1. The minimum Gasteiger partial charge on any atom is -0.306 e. The summed E-state index contributed by atoms with van der Waals surface area (Å²) >= 11 is 5.86. The van der Waals surface area contributed by atoms with E-state index in [1.165, 1.54) is 12.4 Å². The summed E-state index contributed by atoms with van der Waals surface area (Å²) in [7, 11) is 0. The van der Waals surface area contributed by atoms with Crippen LogP contribution in [0.3, 0.4) is 0 Å². The lowest BCUT2D eigenvalue weighted by Crippen LogP contribution is -2.35. The second kappa shape index (κ2) is 6.93. The zero-order chi connectivity index (χ0) is 18.1. The van der Waals surface area contributed by atoms with Crippen LogP contribution in [0.25, 0.3) is 11.4 Å². The average molecular weight is 372 g/mol. The van der Waals surface area contributed by atoms with E-state index in [1.807, 2.05) is 0 Å². The van der Waals surface area contributed by atoms with Gasteiger partial charge in [0, 0.05) is 37.6 Å². The lowest BCUT2D eigenvalue weighted by Gasteiger charge is -2.27. The minimum atomic E-state index is -0.428. The summed E-state index contributed by atoms with van der Waals surface area (Å²) in [5, 5.41) is 0.112. The monoisotopic (exact) mass is 371 g/mol. The lowest BCUT2D eigenvalue weighted by atomic mass is 10.1. The Kier molecular flexibility index (Phi) is 4.48. The summed E-state index contributed by atoms with van der Waals surface area (Å²) in [5.74, 6) is 0.0309. The highest BCUT2D eigenvalue weighted by Crippen LogP contribution is 2.21. The number of hydrogen-bond acceptors (Lipinski definition) is 5. The van der Waals surface area contributed by atoms with Gasteiger partial charge in [-0.25, -0.2) is 19.3 Å². The maximum Gasteiger partial charge on any atom is 0.254 e. The molecular weight excluding hydrogens is 357 g/mol. The van der Waals surface area contributed by atoms with Gasteiger partial charge >= 0.3 is 0 Å². The molecule has 3 heterocycles. The predicted octanol–water partition coefficient (Wildman–Crippen LogP) is 2.58. The number of aromatic nitrogens is 4. The first kappa shape index (κ1) is 16.8. The van der Waals surface area contributed by atoms with Crippen LogP contribution in [0.5, 0.6) is 0 Å². The van der Waals surface area contributed by atoms with Crippen molar-refractivity contribution in [1.29, 1.82) is 0 Å². The SMILES string of the molecule is O=c1[nH]c(-c2cncnc2)nc2c1CCN(Cc1ccc(F)c(Cl)c1)C2. The molecule has 4 rings (SSSR count). The smallest absolute Gasteiger partial charge is 0.254 e. The molecule has 26 heavy (non-hydrogen) atoms. The lowest BCUT2D eigenvalue weighted by molar-refractivity contribution is 0.240. The molecule has 0 atom stereocenters. The first-order valence-corrected chi connectivity index (χ1v) is 8.51. The third-order valence-electron chi connectivity index (χ3n) is 4.38. The highest BCUT2D eigenvalue weighted by molar-refractivity contribution is 6.30. The van der Waals surface area contributed by atoms with Crippen molar-refractivity contribution in [2.75, 3.05) is 6.54 Å². The normalized spacial score (nSPS) is 14.2. The zero-order valence-electron chi connectivity index (χ0n) is 13.7. The number of benzene rings is 1. The molecule has 8 heteroatoms. The second-order valence-electron chi connectivity index (χ2n) is 6.18. The van der Waals surface area contributed by atoms with Crippen LogP contribution < -0.4 is 5.56 Å². The molecule has 1 N–H and O–H groups in total. The van der Waals surface area contributed by atoms with E-state index >= 15 is 0 Å². The first-order valence-electron chi connectivity index (χ1n) is 8.14. The summed E-state index contributed by atoms with van der Waals surface area (Å²) in [5.41, 5.74) is 2.90. The number of halogens is 2. The van der Waals surface area contributed by atoms with Gasteiger partial charge in [-0.15, -0.1) is 0 Å². The van der Waals surface area contributed by atoms with E-state index in [9.17, 15) is 9.18 Å². The first-order chi connectivity index (χ1) is 12.6. The Hall–Kier alpha value is -2.64. The third kappa shape index (κ3) is 3.36. The van der Waals surface area contributed by atoms with E-state index < -0.39 is 5.82 Å². The van der Waals surface area contributed by atoms with Crippen molar-refractivity contribution in [2.24, 2.45) is 0 Å². The highest BCUT2D eigenvalue weighted by Gasteiger charge is 2.21. The van der Waals surface area contributed by atoms with E-state index in [0.29, 0.717) is 36.5 Å². The fraction of sp³-hybridized carbons (Fsp3) is 0.222. The van der Waals surface area contributed by atoms with E-state index in [4.69, 9.17) is 11.6 Å². The number of aromatic amines is 1. The Morgan fingerprint density at radius 1 is 1.27 bits per heavy atom. The van der Waals surface area contributed by atoms with Gasteiger partial charge in [-0.2, -0.15) is 0 Å². The summed E-state index contributed by atoms with van der Waals surface area (Å²) in [6, 6.07) is 4.71. The zero-order valence-corrected chi connectivity index (χ0v) is 14.5. The number of nitrogens with zero attached hydrogens (tertiary/aromatic N) is 4. The van der Waals surface area contributed by atoms with Crippen molar-refractivity contribution >= 4 is 11.6 Å². The van der Waals surface area contributed by atoms with Crippen molar-refractivity contribution < 1.29 is 4.39 Å². The fourth-order valence-corrected chi connectivity index (χ4v) is 3.29. The Balaban J connectivity index is 1.60. The van der Waals surface area contributed by atoms with Gasteiger partial charge in [0.1, 0.15) is 18.0 Å². The Morgan fingerprint density at radius 2 is 2.08 bits per heavy atom. The van der Waals surface area contributed by atoms with Crippen LogP contribution >= 0.6 is 11.6 Å². The van der Waals surface area contributed by atoms with Gasteiger partial charge in [0.25, 0.3) is 5.56 Å². The molecule has 3 aromatic rings. The van der Waals surface area contributed by atoms with Crippen LogP contribution in [0, 0.1) is 5.82 Å². The van der Waals surface area contributed by atoms with Crippen LogP contribution in [-0.4, -0.2) is 31.4 Å². The van der Waals surface area contributed by atoms with Crippen molar-refractivity contribution in [3.8, 4) is 11.4 Å². The number of H-pyrrole nitrogens is 1. The molecule has 0 bridgehead atoms. The Bertz CT molecular complexity index is 1010. The van der Waals surface area contributed by atoms with Gasteiger partial charge < -0.3 is 4.98 Å². The van der Waals surface area contributed by atoms with Gasteiger partial charge in [0.2, 0.25) is 0 Å². The van der Waals surface area contributed by atoms with Gasteiger partial charge in [-0.1, -0.05) is 17.7 Å². The van der Waals surface area contributed by atoms with E-state index in [0.717, 1.165) is 17.8 Å². The second-order valence-corrected chi connectivity index (χ2v) is 6.58. The van der Waals surface area contributed by atoms with Crippen LogP contribution in [0.1, 0.15) is 16.8 Å². The molecule has 0 saturated carbocycles. The van der Waals surface area contributed by atoms with E-state index in [-0.39, 0.29) is 10.6 Å². The topological polar surface area (TPSA) is 74.8 Å². The van der Waals surface area contributed by atoms with Crippen molar-refractivity contribution in [3.05, 3.63) is 74.9 Å². The molecule has 2 aromatic heterocycles. The summed E-state index contributed by atoms with van der Waals surface area (Å²) in [6.45, 7) is 1.87. The quantitative estimate of drug-likeness (QED) is 0.766. The van der Waals surface area contributed by atoms with Crippen LogP contribution in [0.4, 0.5) is 4.39 Å². The molecule has 0 fully saturated rings. The van der Waals surface area contributed by atoms with Crippen LogP contribution in [-0.2, 0) is 19.5 Å². The summed E-state index contributed by atoms with van der Waals surface area (Å²) < 4.78 is 13.3. The van der Waals surface area contributed by atoms with Gasteiger partial charge in [-0.3, -0.25) is 9.69 Å². The standard InChI is InChI=1S/C18H15ClFN5O/c19-14-5-11(1-2-15(14)20)8-25-4-3-13-16(9-25)23-17(24-18(13)26)12-6-21-10-22-7-12/h1-2,5-7,10H,3-4,8-9H2,(H,23,24,26). The predicted molar refractivity (Wildman–Crippen MR) is 95.1 cm³/mol. The van der Waals surface area contributed by atoms with Crippen molar-refractivity contribution in [2.45, 2.75) is 19.5 Å². The third-order valence-corrected chi connectivity index (χ3v) is 4.67. The summed E-state index contributed by atoms with van der Waals surface area (Å²) in [4.78, 5) is 29.9. The highest BCUT2D eigenvalue weighted by atomic mass is 35.5. The average Bonchev–Trinajstić information content (AvgIpc) is 2.65. The Labute approximate surface area is 153 Å². The number of nitrogens with one attached hydrogen (secondary N) is 1. The largest absolute Gasteiger partial charge is 0.306 e. The van der Waals surface area contributed by atoms with Gasteiger partial charge in [0.05, 0.1) is 16.3 Å². The molecule has 0 amide bonds. The van der Waals surface area contributed by atoms with Crippen molar-refractivity contribution in [3.63, 3.8) is 0 Å². The molecular formula is C18H15ClFN5O. The molecule has 1 aromatic carbocycles. The molecule has 0 unspecified atom stereocenters. The van der Waals surface area contributed by atoms with Gasteiger partial charge in [0.15, 0.2) is 0 Å². The number of fused-ring (bicyclic) bond motifs is 1. The van der Waals surface area contributed by atoms with Gasteiger partial charge in [-0.05, 0) is 24.1 Å². The minimum absolute atomic E-state index is 0.112. The molecule has 1 aliphatic heterocycles. The molecule has 1 aliphatic rings.